The number of carbonyl (C=O) groups is 1. The van der Waals surface area contributed by atoms with Crippen LogP contribution in [0.5, 0.6) is 5.75 Å². The summed E-state index contributed by atoms with van der Waals surface area (Å²) >= 11 is 6.03. The molecule has 1 fully saturated rings. The molecule has 0 spiro atoms. The zero-order chi connectivity index (χ0) is 15.4. The Kier molecular flexibility index (Phi) is 5.59. The van der Waals surface area contributed by atoms with Crippen molar-refractivity contribution in [3.05, 3.63) is 28.0 Å². The number of benzene rings is 1. The molecule has 3 nitrogen and oxygen atoms in total. The van der Waals surface area contributed by atoms with Crippen LogP contribution < -0.4 is 4.74 Å². The van der Waals surface area contributed by atoms with Gasteiger partial charge in [0.2, 0.25) is 0 Å². The average molecular weight is 315 g/mol. The molecular weight excluding hydrogens is 295 g/mol. The van der Waals surface area contributed by atoms with Crippen LogP contribution in [0.2, 0.25) is 5.02 Å². The number of halogens is 2. The zero-order valence-electron chi connectivity index (χ0n) is 12.3. The SMILES string of the molecule is CCOc1c(C(C)C=O)cc(Cl)c(F)c1C1CCOCC1. The third-order valence-electron chi connectivity index (χ3n) is 3.85. The smallest absolute Gasteiger partial charge is 0.148 e. The first-order chi connectivity index (χ1) is 10.1. The lowest BCUT2D eigenvalue weighted by molar-refractivity contribution is -0.108. The minimum Gasteiger partial charge on any atom is -0.493 e. The van der Waals surface area contributed by atoms with Crippen molar-refractivity contribution >= 4 is 17.9 Å². The maximum atomic E-state index is 14.6. The van der Waals surface area contributed by atoms with Crippen molar-refractivity contribution in [2.24, 2.45) is 0 Å². The van der Waals surface area contributed by atoms with Crippen molar-refractivity contribution < 1.29 is 18.7 Å². The first-order valence-electron chi connectivity index (χ1n) is 7.27. The molecule has 0 aliphatic carbocycles. The Morgan fingerprint density at radius 1 is 1.52 bits per heavy atom. The predicted molar refractivity (Wildman–Crippen MR) is 79.9 cm³/mol. The molecular formula is C16H20ClFO3. The van der Waals surface area contributed by atoms with E-state index in [0.717, 1.165) is 19.1 Å². The van der Waals surface area contributed by atoms with Gasteiger partial charge < -0.3 is 14.3 Å². The number of rotatable bonds is 5. The van der Waals surface area contributed by atoms with Crippen LogP contribution in [0.25, 0.3) is 0 Å². The summed E-state index contributed by atoms with van der Waals surface area (Å²) in [5, 5.41) is 0.0450. The Morgan fingerprint density at radius 3 is 2.76 bits per heavy atom. The van der Waals surface area contributed by atoms with Crippen LogP contribution in [0.1, 0.15) is 49.7 Å². The molecule has 1 heterocycles. The van der Waals surface area contributed by atoms with Crippen molar-refractivity contribution in [2.75, 3.05) is 19.8 Å². The van der Waals surface area contributed by atoms with Crippen LogP contribution in [-0.4, -0.2) is 26.1 Å². The van der Waals surface area contributed by atoms with Crippen LogP contribution >= 0.6 is 11.6 Å². The van der Waals surface area contributed by atoms with Crippen molar-refractivity contribution in [1.82, 2.24) is 0 Å². The highest BCUT2D eigenvalue weighted by molar-refractivity contribution is 6.31. The highest BCUT2D eigenvalue weighted by Gasteiger charge is 2.28. The van der Waals surface area contributed by atoms with Crippen LogP contribution in [-0.2, 0) is 9.53 Å². The van der Waals surface area contributed by atoms with E-state index in [-0.39, 0.29) is 16.9 Å². The monoisotopic (exact) mass is 314 g/mol. The molecule has 0 N–H and O–H groups in total. The maximum absolute atomic E-state index is 14.6. The van der Waals surface area contributed by atoms with Gasteiger partial charge in [0.15, 0.2) is 0 Å². The zero-order valence-corrected chi connectivity index (χ0v) is 13.1. The third-order valence-corrected chi connectivity index (χ3v) is 4.12. The highest BCUT2D eigenvalue weighted by Crippen LogP contribution is 2.42. The Balaban J connectivity index is 2.57. The minimum absolute atomic E-state index is 0.0107. The summed E-state index contributed by atoms with van der Waals surface area (Å²) in [4.78, 5) is 11.1. The van der Waals surface area contributed by atoms with E-state index in [2.05, 4.69) is 0 Å². The lowest BCUT2D eigenvalue weighted by Gasteiger charge is -2.27. The second-order valence-corrected chi connectivity index (χ2v) is 5.66. The number of ether oxygens (including phenoxy) is 2. The first kappa shape index (κ1) is 16.2. The quantitative estimate of drug-likeness (QED) is 0.768. The van der Waals surface area contributed by atoms with E-state index in [9.17, 15) is 9.18 Å². The molecule has 1 unspecified atom stereocenters. The van der Waals surface area contributed by atoms with Crippen LogP contribution in [0, 0.1) is 5.82 Å². The molecule has 1 saturated heterocycles. The molecule has 5 heteroatoms. The van der Waals surface area contributed by atoms with Crippen LogP contribution in [0.15, 0.2) is 6.07 Å². The van der Waals surface area contributed by atoms with Gasteiger partial charge in [-0.05, 0) is 31.7 Å². The molecule has 0 radical (unpaired) electrons. The Bertz CT molecular complexity index is 513. The third kappa shape index (κ3) is 3.38. The Hall–Kier alpha value is -1.13. The van der Waals surface area contributed by atoms with Gasteiger partial charge in [-0.1, -0.05) is 18.5 Å². The summed E-state index contributed by atoms with van der Waals surface area (Å²) in [6.45, 7) is 5.21. The molecule has 0 saturated carbocycles. The fourth-order valence-corrected chi connectivity index (χ4v) is 2.94. The largest absolute Gasteiger partial charge is 0.493 e. The number of hydrogen-bond donors (Lipinski definition) is 0. The number of carbonyl (C=O) groups excluding carboxylic acids is 1. The predicted octanol–water partition coefficient (Wildman–Crippen LogP) is 4.07. The van der Waals surface area contributed by atoms with Gasteiger partial charge in [-0.2, -0.15) is 0 Å². The van der Waals surface area contributed by atoms with E-state index in [0.29, 0.717) is 36.7 Å². The highest BCUT2D eigenvalue weighted by atomic mass is 35.5. The van der Waals surface area contributed by atoms with Crippen molar-refractivity contribution in [3.8, 4) is 5.75 Å². The molecule has 0 amide bonds. The molecule has 2 rings (SSSR count). The molecule has 1 aromatic carbocycles. The lowest BCUT2D eigenvalue weighted by atomic mass is 9.87. The van der Waals surface area contributed by atoms with Gasteiger partial charge in [0, 0.05) is 30.3 Å². The van der Waals surface area contributed by atoms with Gasteiger partial charge in [-0.15, -0.1) is 0 Å². The molecule has 21 heavy (non-hydrogen) atoms. The van der Waals surface area contributed by atoms with Crippen molar-refractivity contribution in [3.63, 3.8) is 0 Å². The summed E-state index contributed by atoms with van der Waals surface area (Å²) in [6, 6.07) is 1.50. The lowest BCUT2D eigenvalue weighted by Crippen LogP contribution is -2.18. The van der Waals surface area contributed by atoms with Crippen molar-refractivity contribution in [1.29, 1.82) is 0 Å². The Morgan fingerprint density at radius 2 is 2.19 bits per heavy atom. The molecule has 1 aliphatic heterocycles. The van der Waals surface area contributed by atoms with Gasteiger partial charge >= 0.3 is 0 Å². The summed E-state index contributed by atoms with van der Waals surface area (Å²) in [5.41, 5.74) is 1.15. The summed E-state index contributed by atoms with van der Waals surface area (Å²) in [7, 11) is 0. The van der Waals surface area contributed by atoms with Gasteiger partial charge in [-0.3, -0.25) is 0 Å². The second-order valence-electron chi connectivity index (χ2n) is 5.25. The van der Waals surface area contributed by atoms with E-state index < -0.39 is 5.82 Å². The van der Waals surface area contributed by atoms with Gasteiger partial charge in [-0.25, -0.2) is 4.39 Å². The van der Waals surface area contributed by atoms with Gasteiger partial charge in [0.05, 0.1) is 11.6 Å². The van der Waals surface area contributed by atoms with Crippen molar-refractivity contribution in [2.45, 2.75) is 38.5 Å². The summed E-state index contributed by atoms with van der Waals surface area (Å²) in [6.07, 6.45) is 2.28. The molecule has 0 aromatic heterocycles. The summed E-state index contributed by atoms with van der Waals surface area (Å²) < 4.78 is 25.6. The standard InChI is InChI=1S/C16H20ClFO3/c1-3-21-16-12(10(2)9-19)8-13(17)15(18)14(16)11-4-6-20-7-5-11/h8-11H,3-7H2,1-2H3. The van der Waals surface area contributed by atoms with Gasteiger partial charge in [0.1, 0.15) is 17.9 Å². The molecule has 0 bridgehead atoms. The fraction of sp³-hybridized carbons (Fsp3) is 0.562. The fourth-order valence-electron chi connectivity index (χ4n) is 2.72. The normalized spacial score (nSPS) is 17.5. The van der Waals surface area contributed by atoms with E-state index in [1.165, 1.54) is 6.07 Å². The summed E-state index contributed by atoms with van der Waals surface area (Å²) in [5.74, 6) is -0.334. The van der Waals surface area contributed by atoms with Gasteiger partial charge in [0.25, 0.3) is 0 Å². The first-order valence-corrected chi connectivity index (χ1v) is 7.65. The van der Waals surface area contributed by atoms with Crippen LogP contribution in [0.3, 0.4) is 0 Å². The number of aldehydes is 1. The van der Waals surface area contributed by atoms with Crippen LogP contribution in [0.4, 0.5) is 4.39 Å². The molecule has 1 aromatic rings. The number of hydrogen-bond acceptors (Lipinski definition) is 3. The topological polar surface area (TPSA) is 35.5 Å². The molecule has 1 atom stereocenters. The molecule has 1 aliphatic rings. The maximum Gasteiger partial charge on any atom is 0.148 e. The van der Waals surface area contributed by atoms with E-state index in [1.54, 1.807) is 6.92 Å². The van der Waals surface area contributed by atoms with E-state index in [4.69, 9.17) is 21.1 Å². The average Bonchev–Trinajstić information content (AvgIpc) is 2.51. The molecule has 116 valence electrons. The Labute approximate surface area is 129 Å². The minimum atomic E-state index is -0.436. The second kappa shape index (κ2) is 7.23. The van der Waals surface area contributed by atoms with E-state index in [1.807, 2.05) is 6.92 Å². The van der Waals surface area contributed by atoms with E-state index >= 15 is 0 Å².